The highest BCUT2D eigenvalue weighted by Gasteiger charge is 2.17. The van der Waals surface area contributed by atoms with E-state index in [-0.39, 0.29) is 17.6 Å². The van der Waals surface area contributed by atoms with Crippen molar-refractivity contribution in [2.75, 3.05) is 0 Å². The average Bonchev–Trinajstić information content (AvgIpc) is 2.96. The second kappa shape index (κ2) is 5.54. The molecule has 0 saturated carbocycles. The molecule has 8 heteroatoms. The highest BCUT2D eigenvalue weighted by atomic mass is 79.9. The van der Waals surface area contributed by atoms with Crippen molar-refractivity contribution in [3.8, 4) is 0 Å². The number of carbonyl (C=O) groups excluding carboxylic acids is 1. The van der Waals surface area contributed by atoms with Crippen molar-refractivity contribution in [3.63, 3.8) is 0 Å². The predicted octanol–water partition coefficient (Wildman–Crippen LogP) is 2.42. The molecule has 0 aliphatic carbocycles. The third kappa shape index (κ3) is 3.21. The first-order chi connectivity index (χ1) is 8.97. The lowest BCUT2D eigenvalue weighted by Crippen LogP contribution is -2.26. The number of halogens is 1. The molecule has 100 valence electrons. The number of carbonyl (C=O) groups is 2. The third-order valence-electron chi connectivity index (χ3n) is 2.35. The molecule has 2 aromatic rings. The van der Waals surface area contributed by atoms with Gasteiger partial charge in [0.2, 0.25) is 0 Å². The smallest absolute Gasteiger partial charge is 0.355 e. The van der Waals surface area contributed by atoms with Crippen molar-refractivity contribution < 1.29 is 14.7 Å². The Hall–Kier alpha value is -1.67. The second-order valence-electron chi connectivity index (χ2n) is 3.80. The van der Waals surface area contributed by atoms with Gasteiger partial charge in [-0.2, -0.15) is 0 Å². The summed E-state index contributed by atoms with van der Waals surface area (Å²) in [5.41, 5.74) is 0.414. The summed E-state index contributed by atoms with van der Waals surface area (Å²) in [5, 5.41) is 13.5. The first kappa shape index (κ1) is 13.8. The van der Waals surface area contributed by atoms with E-state index in [1.165, 1.54) is 16.7 Å². The number of thiazole rings is 1. The summed E-state index contributed by atoms with van der Waals surface area (Å²) >= 11 is 4.45. The molecular weight excluding hydrogens is 334 g/mol. The van der Waals surface area contributed by atoms with Crippen LogP contribution in [0.2, 0.25) is 0 Å². The van der Waals surface area contributed by atoms with Crippen LogP contribution in [0.4, 0.5) is 0 Å². The maximum Gasteiger partial charge on any atom is 0.355 e. The number of hydrogen-bond acceptors (Lipinski definition) is 4. The number of nitrogens with zero attached hydrogens (tertiary/aromatic N) is 1. The molecule has 0 aliphatic heterocycles. The van der Waals surface area contributed by atoms with Gasteiger partial charge in [-0.05, 0) is 28.9 Å². The Bertz CT molecular complexity index is 622. The van der Waals surface area contributed by atoms with Gasteiger partial charge in [-0.3, -0.25) is 4.79 Å². The first-order valence-corrected chi connectivity index (χ1v) is 6.98. The average molecular weight is 344 g/mol. The van der Waals surface area contributed by atoms with Crippen molar-refractivity contribution >= 4 is 39.1 Å². The van der Waals surface area contributed by atoms with Crippen molar-refractivity contribution in [3.05, 3.63) is 38.5 Å². The fourth-order valence-electron chi connectivity index (χ4n) is 1.42. The van der Waals surface area contributed by atoms with Crippen LogP contribution in [-0.4, -0.2) is 27.0 Å². The van der Waals surface area contributed by atoms with Gasteiger partial charge in [0.25, 0.3) is 5.91 Å². The van der Waals surface area contributed by atoms with Gasteiger partial charge in [0, 0.05) is 16.0 Å². The lowest BCUT2D eigenvalue weighted by Gasteiger charge is -2.09. The summed E-state index contributed by atoms with van der Waals surface area (Å²) in [6.07, 6.45) is 1.66. The largest absolute Gasteiger partial charge is 0.476 e. The van der Waals surface area contributed by atoms with Crippen LogP contribution < -0.4 is 5.32 Å². The molecule has 1 unspecified atom stereocenters. The van der Waals surface area contributed by atoms with Gasteiger partial charge in [0.05, 0.1) is 6.04 Å². The predicted molar refractivity (Wildman–Crippen MR) is 73.4 cm³/mol. The molecule has 2 aromatic heterocycles. The second-order valence-corrected chi connectivity index (χ2v) is 5.61. The summed E-state index contributed by atoms with van der Waals surface area (Å²) in [7, 11) is 0. The minimum absolute atomic E-state index is 0.0104. The quantitative estimate of drug-likeness (QED) is 0.794. The van der Waals surface area contributed by atoms with Crippen LogP contribution >= 0.6 is 27.3 Å². The third-order valence-corrected chi connectivity index (χ3v) is 3.84. The minimum Gasteiger partial charge on any atom is -0.476 e. The zero-order chi connectivity index (χ0) is 14.0. The van der Waals surface area contributed by atoms with Crippen LogP contribution in [0.1, 0.15) is 39.0 Å². The summed E-state index contributed by atoms with van der Waals surface area (Å²) < 4.78 is 0.785. The topological polar surface area (TPSA) is 95.1 Å². The van der Waals surface area contributed by atoms with Gasteiger partial charge in [-0.15, -0.1) is 11.3 Å². The molecule has 2 heterocycles. The summed E-state index contributed by atoms with van der Waals surface area (Å²) in [6.45, 7) is 1.75. The van der Waals surface area contributed by atoms with E-state index in [9.17, 15) is 9.59 Å². The molecular formula is C11H10BrN3O3S. The van der Waals surface area contributed by atoms with E-state index in [0.29, 0.717) is 10.7 Å². The van der Waals surface area contributed by atoms with E-state index in [1.807, 2.05) is 0 Å². The van der Waals surface area contributed by atoms with E-state index < -0.39 is 5.97 Å². The van der Waals surface area contributed by atoms with Gasteiger partial charge >= 0.3 is 5.97 Å². The summed E-state index contributed by atoms with van der Waals surface area (Å²) in [6, 6.07) is 1.31. The molecule has 19 heavy (non-hydrogen) atoms. The molecule has 0 bridgehead atoms. The maximum absolute atomic E-state index is 11.9. The van der Waals surface area contributed by atoms with Gasteiger partial charge in [-0.1, -0.05) is 0 Å². The molecule has 3 N–H and O–H groups in total. The zero-order valence-electron chi connectivity index (χ0n) is 9.81. The van der Waals surface area contributed by atoms with Gasteiger partial charge in [-0.25, -0.2) is 9.78 Å². The molecule has 0 saturated heterocycles. The van der Waals surface area contributed by atoms with Crippen LogP contribution in [-0.2, 0) is 0 Å². The van der Waals surface area contributed by atoms with Crippen LogP contribution in [0.3, 0.4) is 0 Å². The van der Waals surface area contributed by atoms with Gasteiger partial charge in [0.15, 0.2) is 5.69 Å². The van der Waals surface area contributed by atoms with Gasteiger partial charge in [0.1, 0.15) is 10.7 Å². The Morgan fingerprint density at radius 2 is 2.32 bits per heavy atom. The van der Waals surface area contributed by atoms with Crippen molar-refractivity contribution in [2.24, 2.45) is 0 Å². The Labute approximate surface area is 121 Å². The number of nitrogens with one attached hydrogen (secondary N) is 2. The molecule has 6 nitrogen and oxygen atoms in total. The highest BCUT2D eigenvalue weighted by molar-refractivity contribution is 9.10. The van der Waals surface area contributed by atoms with E-state index in [0.717, 1.165) is 4.47 Å². The Morgan fingerprint density at radius 3 is 2.84 bits per heavy atom. The molecule has 1 atom stereocenters. The Balaban J connectivity index is 2.05. The fraction of sp³-hybridized carbons (Fsp3) is 0.182. The molecule has 0 aliphatic rings. The van der Waals surface area contributed by atoms with E-state index >= 15 is 0 Å². The molecule has 0 spiro atoms. The molecule has 2 rings (SSSR count). The van der Waals surface area contributed by atoms with E-state index in [4.69, 9.17) is 5.11 Å². The number of H-pyrrole nitrogens is 1. The normalized spacial score (nSPS) is 12.1. The molecule has 0 aromatic carbocycles. The zero-order valence-corrected chi connectivity index (χ0v) is 12.2. The number of aromatic nitrogens is 2. The SMILES string of the molecule is CC(NC(=O)c1cc(Br)c[nH]1)c1nc(C(=O)O)cs1. The van der Waals surface area contributed by atoms with Crippen LogP contribution in [0.15, 0.2) is 22.1 Å². The van der Waals surface area contributed by atoms with Crippen molar-refractivity contribution in [2.45, 2.75) is 13.0 Å². The first-order valence-electron chi connectivity index (χ1n) is 5.31. The molecule has 0 radical (unpaired) electrons. The van der Waals surface area contributed by atoms with Crippen LogP contribution in [0.25, 0.3) is 0 Å². The number of rotatable bonds is 4. The number of aromatic amines is 1. The van der Waals surface area contributed by atoms with Crippen molar-refractivity contribution in [1.82, 2.24) is 15.3 Å². The van der Waals surface area contributed by atoms with Gasteiger partial charge < -0.3 is 15.4 Å². The maximum atomic E-state index is 11.9. The van der Waals surface area contributed by atoms with Crippen molar-refractivity contribution in [1.29, 1.82) is 0 Å². The number of hydrogen-bond donors (Lipinski definition) is 3. The van der Waals surface area contributed by atoms with Crippen LogP contribution in [0.5, 0.6) is 0 Å². The Kier molecular flexibility index (Phi) is 4.01. The van der Waals surface area contributed by atoms with E-state index in [2.05, 4.69) is 31.2 Å². The number of carboxylic acid groups (broad SMARTS) is 1. The number of amides is 1. The standard InChI is InChI=1S/C11H10BrN3O3S/c1-5(10-15-8(4-19-10)11(17)18)14-9(16)7-2-6(12)3-13-7/h2-5,13H,1H3,(H,14,16)(H,17,18). The summed E-state index contributed by atoms with van der Waals surface area (Å²) in [4.78, 5) is 29.4. The highest BCUT2D eigenvalue weighted by Crippen LogP contribution is 2.19. The van der Waals surface area contributed by atoms with Crippen LogP contribution in [0, 0.1) is 0 Å². The summed E-state index contributed by atoms with van der Waals surface area (Å²) in [5.74, 6) is -1.35. The fourth-order valence-corrected chi connectivity index (χ4v) is 2.56. The minimum atomic E-state index is -1.07. The Morgan fingerprint density at radius 1 is 1.58 bits per heavy atom. The lowest BCUT2D eigenvalue weighted by molar-refractivity contribution is 0.0691. The lowest BCUT2D eigenvalue weighted by atomic mass is 10.3. The number of aromatic carboxylic acids is 1. The van der Waals surface area contributed by atoms with E-state index in [1.54, 1.807) is 19.2 Å². The molecule has 1 amide bonds. The monoisotopic (exact) mass is 343 g/mol. The number of carboxylic acids is 1. The molecule has 0 fully saturated rings.